The monoisotopic (exact) mass is 308 g/mol. The molecule has 22 heavy (non-hydrogen) atoms. The van der Waals surface area contributed by atoms with E-state index in [2.05, 4.69) is 5.32 Å². The topological polar surface area (TPSA) is 15.3 Å². The summed E-state index contributed by atoms with van der Waals surface area (Å²) in [6.45, 7) is 0.586. The van der Waals surface area contributed by atoms with Gasteiger partial charge >= 0.3 is 6.18 Å². The number of nitrogens with zero attached hydrogens (tertiary/aromatic N) is 1. The highest BCUT2D eigenvalue weighted by molar-refractivity contribution is 5.54. The van der Waals surface area contributed by atoms with Gasteiger partial charge in [-0.2, -0.15) is 13.2 Å². The smallest absolute Gasteiger partial charge is 0.385 e. The van der Waals surface area contributed by atoms with Crippen LogP contribution < -0.4 is 10.2 Å². The molecule has 2 aromatic carbocycles. The first kappa shape index (κ1) is 16.2. The van der Waals surface area contributed by atoms with Crippen molar-refractivity contribution in [2.75, 3.05) is 30.9 Å². The highest BCUT2D eigenvalue weighted by Crippen LogP contribution is 2.29. The van der Waals surface area contributed by atoms with Crippen molar-refractivity contribution in [1.82, 2.24) is 0 Å². The molecule has 2 rings (SSSR count). The summed E-state index contributed by atoms with van der Waals surface area (Å²) < 4.78 is 37.9. The van der Waals surface area contributed by atoms with Crippen LogP contribution in [0.4, 0.5) is 24.5 Å². The molecule has 2 aromatic rings. The molecule has 0 bridgehead atoms. The van der Waals surface area contributed by atoms with Gasteiger partial charge in [-0.3, -0.25) is 0 Å². The fraction of sp³-hybridized carbons (Fsp3) is 0.294. The lowest BCUT2D eigenvalue weighted by atomic mass is 10.1. The van der Waals surface area contributed by atoms with Gasteiger partial charge in [0, 0.05) is 32.0 Å². The predicted octanol–water partition coefficient (Wildman–Crippen LogP) is 4.43. The van der Waals surface area contributed by atoms with E-state index in [1.165, 1.54) is 12.1 Å². The summed E-state index contributed by atoms with van der Waals surface area (Å²) in [6.07, 6.45) is -3.75. The first-order valence-corrected chi connectivity index (χ1v) is 7.03. The quantitative estimate of drug-likeness (QED) is 0.879. The van der Waals surface area contributed by atoms with Crippen LogP contribution in [-0.4, -0.2) is 20.6 Å². The molecule has 0 aliphatic heterocycles. The lowest BCUT2D eigenvalue weighted by molar-refractivity contribution is -0.137. The molecule has 0 amide bonds. The average molecular weight is 308 g/mol. The van der Waals surface area contributed by atoms with Gasteiger partial charge in [0.15, 0.2) is 0 Å². The van der Waals surface area contributed by atoms with Crippen LogP contribution in [0.1, 0.15) is 11.1 Å². The SMILES string of the molecule is CN(C)c1ccc(NCCc2cccc(C(F)(F)F)c2)cc1. The molecule has 0 saturated carbocycles. The minimum Gasteiger partial charge on any atom is -0.385 e. The Bertz CT molecular complexity index is 604. The molecule has 0 radical (unpaired) electrons. The van der Waals surface area contributed by atoms with Crippen LogP contribution in [0.25, 0.3) is 0 Å². The summed E-state index contributed by atoms with van der Waals surface area (Å²) in [5.74, 6) is 0. The highest BCUT2D eigenvalue weighted by Gasteiger charge is 2.30. The van der Waals surface area contributed by atoms with Gasteiger partial charge in [0.05, 0.1) is 5.56 Å². The van der Waals surface area contributed by atoms with Crippen LogP contribution in [0.15, 0.2) is 48.5 Å². The molecule has 118 valence electrons. The summed E-state index contributed by atoms with van der Waals surface area (Å²) in [5, 5.41) is 3.22. The molecule has 0 saturated heterocycles. The van der Waals surface area contributed by atoms with Crippen molar-refractivity contribution in [1.29, 1.82) is 0 Å². The number of hydrogen-bond acceptors (Lipinski definition) is 2. The molecular formula is C17H19F3N2. The zero-order chi connectivity index (χ0) is 16.2. The van der Waals surface area contributed by atoms with Crippen LogP contribution in [0.3, 0.4) is 0 Å². The molecule has 5 heteroatoms. The Morgan fingerprint density at radius 3 is 2.27 bits per heavy atom. The van der Waals surface area contributed by atoms with Crippen LogP contribution >= 0.6 is 0 Å². The van der Waals surface area contributed by atoms with Crippen LogP contribution in [0.2, 0.25) is 0 Å². The largest absolute Gasteiger partial charge is 0.416 e. The molecule has 0 spiro atoms. The summed E-state index contributed by atoms with van der Waals surface area (Å²) in [5.41, 5.74) is 2.13. The zero-order valence-corrected chi connectivity index (χ0v) is 12.6. The maximum absolute atomic E-state index is 12.6. The molecule has 0 atom stereocenters. The van der Waals surface area contributed by atoms with Gasteiger partial charge in [0.25, 0.3) is 0 Å². The third-order valence-electron chi connectivity index (χ3n) is 3.38. The summed E-state index contributed by atoms with van der Waals surface area (Å²) in [4.78, 5) is 2.01. The number of anilines is 2. The number of halogens is 3. The average Bonchev–Trinajstić information content (AvgIpc) is 2.47. The lowest BCUT2D eigenvalue weighted by Crippen LogP contribution is -2.09. The van der Waals surface area contributed by atoms with Crippen molar-refractivity contribution in [3.05, 3.63) is 59.7 Å². The molecule has 0 aliphatic rings. The van der Waals surface area contributed by atoms with Crippen molar-refractivity contribution in [3.63, 3.8) is 0 Å². The number of nitrogens with one attached hydrogen (secondary N) is 1. The van der Waals surface area contributed by atoms with E-state index in [4.69, 9.17) is 0 Å². The minimum atomic E-state index is -4.29. The highest BCUT2D eigenvalue weighted by atomic mass is 19.4. The van der Waals surface area contributed by atoms with E-state index in [9.17, 15) is 13.2 Å². The van der Waals surface area contributed by atoms with Crippen molar-refractivity contribution in [2.45, 2.75) is 12.6 Å². The van der Waals surface area contributed by atoms with Crippen molar-refractivity contribution >= 4 is 11.4 Å². The van der Waals surface area contributed by atoms with E-state index in [1.807, 2.05) is 43.3 Å². The first-order chi connectivity index (χ1) is 10.4. The number of hydrogen-bond donors (Lipinski definition) is 1. The molecule has 0 fully saturated rings. The molecule has 1 N–H and O–H groups in total. The van der Waals surface area contributed by atoms with E-state index in [0.717, 1.165) is 17.4 Å². The Labute approximate surface area is 128 Å². The molecule has 0 aliphatic carbocycles. The molecule has 0 unspecified atom stereocenters. The minimum absolute atomic E-state index is 0.541. The maximum Gasteiger partial charge on any atom is 0.416 e. The normalized spacial score (nSPS) is 11.3. The van der Waals surface area contributed by atoms with Crippen molar-refractivity contribution < 1.29 is 13.2 Å². The first-order valence-electron chi connectivity index (χ1n) is 7.03. The Morgan fingerprint density at radius 1 is 1.00 bits per heavy atom. The summed E-state index contributed by atoms with van der Waals surface area (Å²) in [6, 6.07) is 13.4. The van der Waals surface area contributed by atoms with E-state index in [0.29, 0.717) is 18.5 Å². The number of benzene rings is 2. The van der Waals surface area contributed by atoms with Crippen LogP contribution in [0.5, 0.6) is 0 Å². The number of alkyl halides is 3. The van der Waals surface area contributed by atoms with Crippen molar-refractivity contribution in [2.24, 2.45) is 0 Å². The second-order valence-electron chi connectivity index (χ2n) is 5.32. The standard InChI is InChI=1S/C17H19F3N2/c1-22(2)16-8-6-15(7-9-16)21-11-10-13-4-3-5-14(12-13)17(18,19)20/h3-9,12,21H,10-11H2,1-2H3. The molecule has 0 heterocycles. The zero-order valence-electron chi connectivity index (χ0n) is 12.6. The van der Waals surface area contributed by atoms with E-state index >= 15 is 0 Å². The third-order valence-corrected chi connectivity index (χ3v) is 3.38. The Kier molecular flexibility index (Phi) is 4.96. The van der Waals surface area contributed by atoms with Gasteiger partial charge in [-0.25, -0.2) is 0 Å². The second-order valence-corrected chi connectivity index (χ2v) is 5.32. The Hall–Kier alpha value is -2.17. The van der Waals surface area contributed by atoms with E-state index in [-0.39, 0.29) is 0 Å². The van der Waals surface area contributed by atoms with Crippen LogP contribution in [0, 0.1) is 0 Å². The second kappa shape index (κ2) is 6.73. The lowest BCUT2D eigenvalue weighted by Gasteiger charge is -2.13. The molecular weight excluding hydrogens is 289 g/mol. The summed E-state index contributed by atoms with van der Waals surface area (Å²) in [7, 11) is 3.94. The number of rotatable bonds is 5. The Balaban J connectivity index is 1.91. The van der Waals surface area contributed by atoms with Gasteiger partial charge in [-0.1, -0.05) is 18.2 Å². The van der Waals surface area contributed by atoms with Gasteiger partial charge < -0.3 is 10.2 Å². The molecule has 2 nitrogen and oxygen atoms in total. The van der Waals surface area contributed by atoms with Crippen LogP contribution in [-0.2, 0) is 12.6 Å². The maximum atomic E-state index is 12.6. The fourth-order valence-electron chi connectivity index (χ4n) is 2.13. The fourth-order valence-corrected chi connectivity index (χ4v) is 2.13. The molecule has 0 aromatic heterocycles. The predicted molar refractivity (Wildman–Crippen MR) is 84.4 cm³/mol. The van der Waals surface area contributed by atoms with Gasteiger partial charge in [0.1, 0.15) is 0 Å². The van der Waals surface area contributed by atoms with E-state index in [1.54, 1.807) is 6.07 Å². The van der Waals surface area contributed by atoms with Gasteiger partial charge in [-0.05, 0) is 42.3 Å². The van der Waals surface area contributed by atoms with Crippen molar-refractivity contribution in [3.8, 4) is 0 Å². The Morgan fingerprint density at radius 2 is 1.68 bits per heavy atom. The van der Waals surface area contributed by atoms with Gasteiger partial charge in [0.2, 0.25) is 0 Å². The summed E-state index contributed by atoms with van der Waals surface area (Å²) >= 11 is 0. The van der Waals surface area contributed by atoms with E-state index < -0.39 is 11.7 Å². The van der Waals surface area contributed by atoms with Gasteiger partial charge in [-0.15, -0.1) is 0 Å². The third kappa shape index (κ3) is 4.41.